The van der Waals surface area contributed by atoms with E-state index in [2.05, 4.69) is 17.1 Å². The summed E-state index contributed by atoms with van der Waals surface area (Å²) in [5.41, 5.74) is 0. The summed E-state index contributed by atoms with van der Waals surface area (Å²) in [6, 6.07) is -0.0165. The maximum atomic E-state index is 12.5. The molecule has 2 atom stereocenters. The molecule has 1 N–H and O–H groups in total. The van der Waals surface area contributed by atoms with E-state index in [9.17, 15) is 9.59 Å². The summed E-state index contributed by atoms with van der Waals surface area (Å²) in [4.78, 5) is 30.7. The number of hydrogen-bond donors (Lipinski definition) is 1. The number of ether oxygens (including phenoxy) is 1. The number of urea groups is 1. The van der Waals surface area contributed by atoms with Crippen LogP contribution in [-0.4, -0.2) is 91.7 Å². The maximum absolute atomic E-state index is 12.5. The van der Waals surface area contributed by atoms with Crippen LogP contribution in [0.3, 0.4) is 0 Å². The minimum atomic E-state index is -0.0165. The second kappa shape index (κ2) is 12.3. The van der Waals surface area contributed by atoms with Gasteiger partial charge in [-0.2, -0.15) is 0 Å². The summed E-state index contributed by atoms with van der Waals surface area (Å²) < 4.78 is 5.98. The predicted octanol–water partition coefficient (Wildman–Crippen LogP) is 2.17. The lowest BCUT2D eigenvalue weighted by molar-refractivity contribution is -0.132. The molecule has 7 nitrogen and oxygen atoms in total. The van der Waals surface area contributed by atoms with Crippen molar-refractivity contribution in [3.8, 4) is 0 Å². The molecule has 0 aromatic rings. The zero-order valence-corrected chi connectivity index (χ0v) is 18.1. The van der Waals surface area contributed by atoms with Crippen LogP contribution in [0, 0.1) is 5.92 Å². The summed E-state index contributed by atoms with van der Waals surface area (Å²) in [5, 5.41) is 2.99. The fraction of sp³-hybridized carbons (Fsp3) is 0.905. The van der Waals surface area contributed by atoms with Crippen LogP contribution < -0.4 is 5.32 Å². The minimum absolute atomic E-state index is 0.0165. The number of amides is 3. The van der Waals surface area contributed by atoms with E-state index in [1.807, 2.05) is 23.6 Å². The topological polar surface area (TPSA) is 65.1 Å². The molecule has 0 aromatic heterocycles. The van der Waals surface area contributed by atoms with Crippen molar-refractivity contribution >= 4 is 11.9 Å². The fourth-order valence-electron chi connectivity index (χ4n) is 4.21. The largest absolute Gasteiger partial charge is 0.376 e. The second-order valence-corrected chi connectivity index (χ2v) is 8.09. The van der Waals surface area contributed by atoms with Crippen LogP contribution in [0.4, 0.5) is 4.79 Å². The molecule has 1 heterocycles. The van der Waals surface area contributed by atoms with E-state index in [0.29, 0.717) is 38.3 Å². The summed E-state index contributed by atoms with van der Waals surface area (Å²) in [6.07, 6.45) is 6.20. The first-order chi connectivity index (χ1) is 13.5. The Morgan fingerprint density at radius 3 is 2.50 bits per heavy atom. The van der Waals surface area contributed by atoms with Crippen molar-refractivity contribution in [1.82, 2.24) is 20.0 Å². The molecular formula is C21H40N4O3. The number of carbonyl (C=O) groups is 2. The molecule has 162 valence electrons. The van der Waals surface area contributed by atoms with E-state index in [1.165, 1.54) is 19.3 Å². The number of rotatable bonds is 8. The maximum Gasteiger partial charge on any atom is 0.317 e. The van der Waals surface area contributed by atoms with Crippen LogP contribution in [-0.2, 0) is 9.53 Å². The Bertz CT molecular complexity index is 484. The van der Waals surface area contributed by atoms with Gasteiger partial charge in [0.1, 0.15) is 0 Å². The molecule has 0 bridgehead atoms. The standard InChI is InChI=1S/C21H40N4O3/c1-4-24(5-2)20(26)17-23-12-8-13-25(15-14-23)21(27)22-11-16-28-19-10-7-6-9-18(19)3/h18-19H,4-17H2,1-3H3,(H,22,27). The molecular weight excluding hydrogens is 356 g/mol. The normalized spacial score (nSPS) is 23.9. The SMILES string of the molecule is CCN(CC)C(=O)CN1CCCN(C(=O)NCCOC2CCCCC2C)CC1. The lowest BCUT2D eigenvalue weighted by Crippen LogP contribution is -2.44. The summed E-state index contributed by atoms with van der Waals surface area (Å²) in [5.74, 6) is 0.803. The Labute approximate surface area is 170 Å². The van der Waals surface area contributed by atoms with Gasteiger partial charge in [-0.05, 0) is 39.0 Å². The van der Waals surface area contributed by atoms with Crippen LogP contribution in [0.15, 0.2) is 0 Å². The van der Waals surface area contributed by atoms with Crippen molar-refractivity contribution in [1.29, 1.82) is 0 Å². The van der Waals surface area contributed by atoms with Crippen molar-refractivity contribution in [2.75, 3.05) is 59.0 Å². The minimum Gasteiger partial charge on any atom is -0.376 e. The molecule has 1 aliphatic heterocycles. The van der Waals surface area contributed by atoms with Crippen LogP contribution in [0.1, 0.15) is 52.9 Å². The van der Waals surface area contributed by atoms with E-state index in [4.69, 9.17) is 4.74 Å². The van der Waals surface area contributed by atoms with E-state index in [-0.39, 0.29) is 11.9 Å². The lowest BCUT2D eigenvalue weighted by Gasteiger charge is -2.29. The summed E-state index contributed by atoms with van der Waals surface area (Å²) in [7, 11) is 0. The van der Waals surface area contributed by atoms with E-state index in [0.717, 1.165) is 45.6 Å². The molecule has 7 heteroatoms. The van der Waals surface area contributed by atoms with Crippen molar-refractivity contribution in [3.63, 3.8) is 0 Å². The molecule has 2 aliphatic rings. The molecule has 1 aliphatic carbocycles. The highest BCUT2D eigenvalue weighted by Crippen LogP contribution is 2.25. The highest BCUT2D eigenvalue weighted by Gasteiger charge is 2.23. The van der Waals surface area contributed by atoms with E-state index in [1.54, 1.807) is 0 Å². The molecule has 28 heavy (non-hydrogen) atoms. The van der Waals surface area contributed by atoms with Gasteiger partial charge in [0.25, 0.3) is 0 Å². The molecule has 0 spiro atoms. The van der Waals surface area contributed by atoms with Crippen molar-refractivity contribution in [3.05, 3.63) is 0 Å². The van der Waals surface area contributed by atoms with E-state index < -0.39 is 0 Å². The Balaban J connectivity index is 1.65. The smallest absolute Gasteiger partial charge is 0.317 e. The summed E-state index contributed by atoms with van der Waals surface area (Å²) >= 11 is 0. The molecule has 0 aromatic carbocycles. The van der Waals surface area contributed by atoms with E-state index >= 15 is 0 Å². The zero-order valence-electron chi connectivity index (χ0n) is 18.1. The third-order valence-corrected chi connectivity index (χ3v) is 6.09. The van der Waals surface area contributed by atoms with Crippen LogP contribution in [0.25, 0.3) is 0 Å². The van der Waals surface area contributed by atoms with Gasteiger partial charge in [0.15, 0.2) is 0 Å². The molecule has 2 rings (SSSR count). The monoisotopic (exact) mass is 396 g/mol. The van der Waals surface area contributed by atoms with Gasteiger partial charge in [-0.1, -0.05) is 19.8 Å². The van der Waals surface area contributed by atoms with Gasteiger partial charge >= 0.3 is 6.03 Å². The van der Waals surface area contributed by atoms with Gasteiger partial charge in [0, 0.05) is 45.8 Å². The quantitative estimate of drug-likeness (QED) is 0.639. The Morgan fingerprint density at radius 2 is 1.79 bits per heavy atom. The average molecular weight is 397 g/mol. The highest BCUT2D eigenvalue weighted by molar-refractivity contribution is 5.78. The first kappa shape index (κ1) is 22.9. The number of nitrogens with one attached hydrogen (secondary N) is 1. The fourth-order valence-corrected chi connectivity index (χ4v) is 4.21. The van der Waals surface area contributed by atoms with Gasteiger partial charge in [0.05, 0.1) is 19.3 Å². The van der Waals surface area contributed by atoms with Gasteiger partial charge in [-0.3, -0.25) is 9.69 Å². The molecule has 1 saturated heterocycles. The van der Waals surface area contributed by atoms with Crippen LogP contribution in [0.2, 0.25) is 0 Å². The third-order valence-electron chi connectivity index (χ3n) is 6.09. The predicted molar refractivity (Wildman–Crippen MR) is 111 cm³/mol. The number of likely N-dealkylation sites (N-methyl/N-ethyl adjacent to an activating group) is 1. The molecule has 2 unspecified atom stereocenters. The number of nitrogens with zero attached hydrogens (tertiary/aromatic N) is 3. The van der Waals surface area contributed by atoms with Crippen molar-refractivity contribution < 1.29 is 14.3 Å². The van der Waals surface area contributed by atoms with Crippen LogP contribution >= 0.6 is 0 Å². The van der Waals surface area contributed by atoms with Gasteiger partial charge in [0.2, 0.25) is 5.91 Å². The Hall–Kier alpha value is -1.34. The first-order valence-electron chi connectivity index (χ1n) is 11.2. The van der Waals surface area contributed by atoms with Gasteiger partial charge in [-0.25, -0.2) is 4.79 Å². The van der Waals surface area contributed by atoms with Gasteiger partial charge in [-0.15, -0.1) is 0 Å². The van der Waals surface area contributed by atoms with Crippen LogP contribution in [0.5, 0.6) is 0 Å². The molecule has 3 amide bonds. The number of hydrogen-bond acceptors (Lipinski definition) is 4. The average Bonchev–Trinajstić information content (AvgIpc) is 2.93. The highest BCUT2D eigenvalue weighted by atomic mass is 16.5. The Morgan fingerprint density at radius 1 is 1.04 bits per heavy atom. The molecule has 2 fully saturated rings. The molecule has 0 radical (unpaired) electrons. The Kier molecular flexibility index (Phi) is 10.1. The van der Waals surface area contributed by atoms with Crippen molar-refractivity contribution in [2.24, 2.45) is 5.92 Å². The summed E-state index contributed by atoms with van der Waals surface area (Å²) in [6.45, 7) is 12.4. The third kappa shape index (κ3) is 7.24. The van der Waals surface area contributed by atoms with Crippen molar-refractivity contribution in [2.45, 2.75) is 59.0 Å². The first-order valence-corrected chi connectivity index (χ1v) is 11.2. The lowest BCUT2D eigenvalue weighted by atomic mass is 9.88. The van der Waals surface area contributed by atoms with Gasteiger partial charge < -0.3 is 19.9 Å². The number of carbonyl (C=O) groups excluding carboxylic acids is 2. The molecule has 1 saturated carbocycles. The zero-order chi connectivity index (χ0) is 20.4. The second-order valence-electron chi connectivity index (χ2n) is 8.09.